The van der Waals surface area contributed by atoms with Crippen LogP contribution in [0.4, 0.5) is 0 Å². The lowest BCUT2D eigenvalue weighted by Gasteiger charge is -2.09. The highest BCUT2D eigenvalue weighted by Crippen LogP contribution is 2.25. The number of aliphatic hydroxyl groups excluding tert-OH is 1. The maximum Gasteiger partial charge on any atom is 0.343 e. The summed E-state index contributed by atoms with van der Waals surface area (Å²) in [6.45, 7) is 4.72. The summed E-state index contributed by atoms with van der Waals surface area (Å²) in [5.74, 6) is 0.963. The van der Waals surface area contributed by atoms with Gasteiger partial charge in [-0.1, -0.05) is 101 Å². The topological polar surface area (TPSA) is 55.8 Å². The van der Waals surface area contributed by atoms with Crippen LogP contribution in [0.3, 0.4) is 0 Å². The molecule has 0 aliphatic carbocycles. The molecule has 0 amide bonds. The third-order valence-electron chi connectivity index (χ3n) is 6.65. The normalized spacial score (nSPS) is 11.8. The van der Waals surface area contributed by atoms with Crippen LogP contribution in [0.25, 0.3) is 11.1 Å². The van der Waals surface area contributed by atoms with Crippen molar-refractivity contribution in [2.24, 2.45) is 0 Å². The van der Waals surface area contributed by atoms with Crippen LogP contribution in [0.15, 0.2) is 72.8 Å². The van der Waals surface area contributed by atoms with Crippen LogP contribution in [0.5, 0.6) is 11.5 Å². The molecule has 0 aliphatic rings. The summed E-state index contributed by atoms with van der Waals surface area (Å²) >= 11 is 0. The summed E-state index contributed by atoms with van der Waals surface area (Å²) < 4.78 is 11.4. The Bertz CT molecular complexity index is 1040. The number of carbonyl (C=O) groups excluding carboxylic acids is 1. The first kappa shape index (κ1) is 28.5. The molecule has 198 valence electrons. The van der Waals surface area contributed by atoms with E-state index in [-0.39, 0.29) is 0 Å². The van der Waals surface area contributed by atoms with Gasteiger partial charge in [0.25, 0.3) is 0 Å². The number of carbonyl (C=O) groups is 1. The van der Waals surface area contributed by atoms with E-state index in [1.165, 1.54) is 57.8 Å². The monoisotopic (exact) mass is 502 g/mol. The Kier molecular flexibility index (Phi) is 12.2. The van der Waals surface area contributed by atoms with Crippen LogP contribution in [0.1, 0.15) is 100 Å². The minimum atomic E-state index is -0.567. The summed E-state index contributed by atoms with van der Waals surface area (Å²) in [6.07, 6.45) is 12.7. The molecule has 0 saturated carbocycles. The molecule has 0 heterocycles. The Morgan fingerprint density at radius 1 is 0.676 bits per heavy atom. The fourth-order valence-corrected chi connectivity index (χ4v) is 4.30. The van der Waals surface area contributed by atoms with Crippen molar-refractivity contribution < 1.29 is 19.4 Å². The van der Waals surface area contributed by atoms with Gasteiger partial charge in [-0.15, -0.1) is 0 Å². The maximum atomic E-state index is 12.4. The lowest BCUT2D eigenvalue weighted by atomic mass is 10.1. The highest BCUT2D eigenvalue weighted by atomic mass is 16.5. The molecule has 37 heavy (non-hydrogen) atoms. The van der Waals surface area contributed by atoms with Crippen LogP contribution in [0.2, 0.25) is 0 Å². The SMILES string of the molecule is CCCCCCCCCCCCOc1ccc(-c2ccc(OC(=O)c3ccc(C(C)O)cc3)cc2)cc1. The average Bonchev–Trinajstić information content (AvgIpc) is 2.92. The Hall–Kier alpha value is -3.11. The second kappa shape index (κ2) is 15.9. The number of hydrogen-bond acceptors (Lipinski definition) is 4. The Balaban J connectivity index is 1.36. The number of aliphatic hydroxyl groups is 1. The molecule has 0 aliphatic heterocycles. The third-order valence-corrected chi connectivity index (χ3v) is 6.65. The molecule has 0 bridgehead atoms. The Labute approximate surface area is 222 Å². The van der Waals surface area contributed by atoms with Gasteiger partial charge in [-0.2, -0.15) is 0 Å². The smallest absolute Gasteiger partial charge is 0.343 e. The van der Waals surface area contributed by atoms with Gasteiger partial charge in [0.1, 0.15) is 11.5 Å². The molecule has 3 aromatic rings. The summed E-state index contributed by atoms with van der Waals surface area (Å²) in [4.78, 5) is 12.4. The van der Waals surface area contributed by atoms with Crippen molar-refractivity contribution >= 4 is 5.97 Å². The largest absolute Gasteiger partial charge is 0.494 e. The highest BCUT2D eigenvalue weighted by Gasteiger charge is 2.10. The van der Waals surface area contributed by atoms with E-state index in [9.17, 15) is 9.90 Å². The fraction of sp³-hybridized carbons (Fsp3) is 0.424. The van der Waals surface area contributed by atoms with Gasteiger partial charge in [0.15, 0.2) is 0 Å². The molecule has 0 saturated heterocycles. The zero-order chi connectivity index (χ0) is 26.3. The number of esters is 1. The summed E-state index contributed by atoms with van der Waals surface area (Å²) in [5.41, 5.74) is 3.33. The lowest BCUT2D eigenvalue weighted by Crippen LogP contribution is -2.08. The zero-order valence-corrected chi connectivity index (χ0v) is 22.5. The molecule has 4 nitrogen and oxygen atoms in total. The minimum absolute atomic E-state index is 0.422. The van der Waals surface area contributed by atoms with Crippen molar-refractivity contribution in [3.63, 3.8) is 0 Å². The van der Waals surface area contributed by atoms with E-state index in [2.05, 4.69) is 19.1 Å². The second-order valence-corrected chi connectivity index (χ2v) is 9.77. The molecule has 3 aromatic carbocycles. The fourth-order valence-electron chi connectivity index (χ4n) is 4.30. The lowest BCUT2D eigenvalue weighted by molar-refractivity contribution is 0.0734. The van der Waals surface area contributed by atoms with Crippen LogP contribution in [-0.2, 0) is 0 Å². The van der Waals surface area contributed by atoms with Gasteiger partial charge >= 0.3 is 5.97 Å². The van der Waals surface area contributed by atoms with Crippen molar-refractivity contribution in [3.05, 3.63) is 83.9 Å². The van der Waals surface area contributed by atoms with E-state index in [0.717, 1.165) is 35.5 Å². The standard InChI is InChI=1S/C33H42O4/c1-3-4-5-6-7-8-9-10-11-12-25-36-31-21-17-28(18-22-31)29-19-23-32(24-20-29)37-33(35)30-15-13-27(14-16-30)26(2)34/h13-24,26,34H,3-12,25H2,1-2H3. The van der Waals surface area contributed by atoms with Crippen LogP contribution < -0.4 is 9.47 Å². The van der Waals surface area contributed by atoms with Crippen molar-refractivity contribution in [2.45, 2.75) is 84.2 Å². The van der Waals surface area contributed by atoms with E-state index in [0.29, 0.717) is 11.3 Å². The molecule has 1 unspecified atom stereocenters. The third kappa shape index (κ3) is 10.0. The molecule has 3 rings (SSSR count). The van der Waals surface area contributed by atoms with Gasteiger partial charge in [0.2, 0.25) is 0 Å². The Morgan fingerprint density at radius 2 is 1.16 bits per heavy atom. The van der Waals surface area contributed by atoms with E-state index < -0.39 is 12.1 Å². The van der Waals surface area contributed by atoms with Crippen molar-refractivity contribution in [3.8, 4) is 22.6 Å². The number of hydrogen-bond donors (Lipinski definition) is 1. The first-order chi connectivity index (χ1) is 18.1. The van der Waals surface area contributed by atoms with Crippen LogP contribution in [0, 0.1) is 0 Å². The van der Waals surface area contributed by atoms with E-state index in [4.69, 9.17) is 9.47 Å². The minimum Gasteiger partial charge on any atom is -0.494 e. The zero-order valence-electron chi connectivity index (χ0n) is 22.5. The van der Waals surface area contributed by atoms with Gasteiger partial charge < -0.3 is 14.6 Å². The second-order valence-electron chi connectivity index (χ2n) is 9.77. The molecular weight excluding hydrogens is 460 g/mol. The van der Waals surface area contributed by atoms with Crippen LogP contribution in [-0.4, -0.2) is 17.7 Å². The number of benzene rings is 3. The maximum absolute atomic E-state index is 12.4. The van der Waals surface area contributed by atoms with Crippen LogP contribution >= 0.6 is 0 Å². The van der Waals surface area contributed by atoms with E-state index in [1.54, 1.807) is 43.3 Å². The predicted molar refractivity (Wildman–Crippen MR) is 151 cm³/mol. The Morgan fingerprint density at radius 3 is 1.68 bits per heavy atom. The predicted octanol–water partition coefficient (Wildman–Crippen LogP) is 8.93. The van der Waals surface area contributed by atoms with E-state index in [1.807, 2.05) is 24.3 Å². The molecule has 0 fully saturated rings. The van der Waals surface area contributed by atoms with Gasteiger partial charge in [0.05, 0.1) is 18.3 Å². The molecular formula is C33H42O4. The summed E-state index contributed by atoms with van der Waals surface area (Å²) in [6, 6.07) is 22.4. The molecule has 1 N–H and O–H groups in total. The van der Waals surface area contributed by atoms with Crippen molar-refractivity contribution in [1.29, 1.82) is 0 Å². The number of ether oxygens (including phenoxy) is 2. The quantitative estimate of drug-likeness (QED) is 0.121. The molecule has 0 spiro atoms. The highest BCUT2D eigenvalue weighted by molar-refractivity contribution is 5.91. The summed E-state index contributed by atoms with van der Waals surface area (Å²) in [7, 11) is 0. The van der Waals surface area contributed by atoms with E-state index >= 15 is 0 Å². The van der Waals surface area contributed by atoms with Gasteiger partial charge in [-0.3, -0.25) is 0 Å². The van der Waals surface area contributed by atoms with Gasteiger partial charge in [0, 0.05) is 0 Å². The molecule has 0 aromatic heterocycles. The van der Waals surface area contributed by atoms with Gasteiger partial charge in [-0.25, -0.2) is 4.79 Å². The first-order valence-electron chi connectivity index (χ1n) is 13.9. The van der Waals surface area contributed by atoms with Gasteiger partial charge in [-0.05, 0) is 66.4 Å². The molecule has 4 heteroatoms. The molecule has 1 atom stereocenters. The average molecular weight is 503 g/mol. The number of rotatable bonds is 16. The van der Waals surface area contributed by atoms with Crippen molar-refractivity contribution in [1.82, 2.24) is 0 Å². The van der Waals surface area contributed by atoms with Crippen molar-refractivity contribution in [2.75, 3.05) is 6.61 Å². The molecule has 0 radical (unpaired) electrons. The number of unbranched alkanes of at least 4 members (excludes halogenated alkanes) is 9. The first-order valence-corrected chi connectivity index (χ1v) is 13.9. The summed E-state index contributed by atoms with van der Waals surface area (Å²) in [5, 5.41) is 9.61.